The van der Waals surface area contributed by atoms with Crippen LogP contribution in [0.3, 0.4) is 0 Å². The van der Waals surface area contributed by atoms with Gasteiger partial charge in [0.05, 0.1) is 4.90 Å². The van der Waals surface area contributed by atoms with E-state index in [0.29, 0.717) is 0 Å². The summed E-state index contributed by atoms with van der Waals surface area (Å²) in [6, 6.07) is 27.1. The van der Waals surface area contributed by atoms with Gasteiger partial charge in [0.1, 0.15) is 8.15 Å². The van der Waals surface area contributed by atoms with Gasteiger partial charge in [0, 0.05) is 10.6 Å². The molecule has 0 atom stereocenters. The molecule has 0 saturated heterocycles. The van der Waals surface area contributed by atoms with Crippen molar-refractivity contribution in [2.75, 3.05) is 0 Å². The van der Waals surface area contributed by atoms with Gasteiger partial charge in [-0.25, -0.2) is 3.97 Å². The van der Waals surface area contributed by atoms with Crippen molar-refractivity contribution in [3.8, 4) is 0 Å². The largest absolute Gasteiger partial charge is 1.00 e. The first-order valence-electron chi connectivity index (χ1n) is 7.07. The van der Waals surface area contributed by atoms with Gasteiger partial charge < -0.3 is 12.4 Å². The summed E-state index contributed by atoms with van der Waals surface area (Å²) in [7, 11) is -5.28. The van der Waals surface area contributed by atoms with Crippen molar-refractivity contribution in [2.45, 2.75) is 4.90 Å². The Labute approximate surface area is 178 Å². The Morgan fingerprint density at radius 1 is 0.654 bits per heavy atom. The standard InChI is InChI=1S/C18H15O3PS.Na.2H2O.H/c19-23(20,18-14-8-3-9-15-18)21-22(16-10-4-1-5-11-16)17-12-6-2-7-13-17;;;;/h1-15H;;2*1H2;/q;+1;;;-1. The van der Waals surface area contributed by atoms with Crippen LogP contribution in [0.15, 0.2) is 95.9 Å². The van der Waals surface area contributed by atoms with E-state index < -0.39 is 18.3 Å². The van der Waals surface area contributed by atoms with Crippen LogP contribution in [-0.2, 0) is 14.1 Å². The third-order valence-corrected chi connectivity index (χ3v) is 6.95. The van der Waals surface area contributed by atoms with Crippen LogP contribution in [0, 0.1) is 0 Å². The fourth-order valence-corrected chi connectivity index (χ4v) is 5.58. The van der Waals surface area contributed by atoms with Crippen molar-refractivity contribution in [3.05, 3.63) is 91.0 Å². The summed E-state index contributed by atoms with van der Waals surface area (Å²) in [6.07, 6.45) is 0. The average Bonchev–Trinajstić information content (AvgIpc) is 2.62. The minimum atomic E-state index is -3.83. The molecule has 26 heavy (non-hydrogen) atoms. The maximum Gasteiger partial charge on any atom is 1.00 e. The predicted molar refractivity (Wildman–Crippen MR) is 102 cm³/mol. The smallest absolute Gasteiger partial charge is 1.00 e. The summed E-state index contributed by atoms with van der Waals surface area (Å²) in [5.41, 5.74) is 0. The van der Waals surface area contributed by atoms with Gasteiger partial charge >= 0.3 is 39.7 Å². The van der Waals surface area contributed by atoms with Crippen molar-refractivity contribution in [1.29, 1.82) is 0 Å². The molecule has 0 aliphatic rings. The molecule has 0 fully saturated rings. The topological polar surface area (TPSA) is 106 Å². The molecule has 0 aliphatic carbocycles. The van der Waals surface area contributed by atoms with E-state index in [1.807, 2.05) is 60.7 Å². The fourth-order valence-electron chi connectivity index (χ4n) is 2.09. The van der Waals surface area contributed by atoms with Crippen LogP contribution < -0.4 is 40.2 Å². The third-order valence-electron chi connectivity index (χ3n) is 3.19. The first-order chi connectivity index (χ1) is 11.2. The van der Waals surface area contributed by atoms with Crippen LogP contribution in [0.25, 0.3) is 0 Å². The Kier molecular flexibility index (Phi) is 11.1. The van der Waals surface area contributed by atoms with Gasteiger partial charge in [-0.1, -0.05) is 78.9 Å². The number of rotatable bonds is 5. The van der Waals surface area contributed by atoms with E-state index in [4.69, 9.17) is 3.97 Å². The Morgan fingerprint density at radius 3 is 1.38 bits per heavy atom. The van der Waals surface area contributed by atoms with Crippen LogP contribution in [0.2, 0.25) is 0 Å². The van der Waals surface area contributed by atoms with Gasteiger partial charge in [-0.15, -0.1) is 0 Å². The molecular formula is C18H20NaO5PS. The molecule has 0 aromatic heterocycles. The maximum absolute atomic E-state index is 12.6. The van der Waals surface area contributed by atoms with Crippen molar-refractivity contribution < 1.29 is 54.3 Å². The number of hydrogen-bond donors (Lipinski definition) is 0. The second-order valence-corrected chi connectivity index (χ2v) is 8.40. The summed E-state index contributed by atoms with van der Waals surface area (Å²) >= 11 is 0. The van der Waals surface area contributed by atoms with Gasteiger partial charge in [0.25, 0.3) is 0 Å². The third kappa shape index (κ3) is 6.27. The van der Waals surface area contributed by atoms with Crippen LogP contribution in [-0.4, -0.2) is 19.4 Å². The Balaban J connectivity index is 0. The molecule has 3 aromatic rings. The first kappa shape index (κ1) is 24.9. The van der Waals surface area contributed by atoms with Gasteiger partial charge in [0.15, 0.2) is 0 Å². The van der Waals surface area contributed by atoms with Gasteiger partial charge in [-0.3, -0.25) is 0 Å². The van der Waals surface area contributed by atoms with Crippen LogP contribution in [0.4, 0.5) is 0 Å². The molecule has 0 radical (unpaired) electrons. The summed E-state index contributed by atoms with van der Waals surface area (Å²) in [6.45, 7) is 0. The van der Waals surface area contributed by atoms with E-state index in [9.17, 15) is 8.42 Å². The minimum absolute atomic E-state index is 0. The van der Waals surface area contributed by atoms with E-state index in [0.717, 1.165) is 10.6 Å². The van der Waals surface area contributed by atoms with Crippen LogP contribution in [0.5, 0.6) is 0 Å². The van der Waals surface area contributed by atoms with Gasteiger partial charge in [-0.05, 0) is 12.1 Å². The average molecular weight is 402 g/mol. The second kappa shape index (κ2) is 11.6. The quantitative estimate of drug-likeness (QED) is 0.400. The van der Waals surface area contributed by atoms with E-state index >= 15 is 0 Å². The molecule has 134 valence electrons. The first-order valence-corrected chi connectivity index (χ1v) is 9.73. The molecule has 0 unspecified atom stereocenters. The Bertz CT molecular complexity index is 829. The van der Waals surface area contributed by atoms with E-state index in [2.05, 4.69) is 0 Å². The molecular weight excluding hydrogens is 382 g/mol. The molecule has 3 rings (SSSR count). The van der Waals surface area contributed by atoms with Crippen molar-refractivity contribution >= 4 is 28.9 Å². The monoisotopic (exact) mass is 402 g/mol. The predicted octanol–water partition coefficient (Wildman–Crippen LogP) is -1.09. The molecule has 0 aliphatic heterocycles. The SMILES string of the molecule is O.O.O=S(=O)(OP(c1ccccc1)c1ccccc1)c1ccccc1.[H-].[Na+]. The zero-order valence-corrected chi connectivity index (χ0v) is 18.0. The molecule has 0 bridgehead atoms. The zero-order chi connectivity index (χ0) is 16.1. The molecule has 0 amide bonds. The van der Waals surface area contributed by atoms with Crippen LogP contribution >= 0.6 is 8.15 Å². The summed E-state index contributed by atoms with van der Waals surface area (Å²) in [5.74, 6) is 0. The molecule has 0 saturated carbocycles. The fraction of sp³-hybridized carbons (Fsp3) is 0. The second-order valence-electron chi connectivity index (χ2n) is 4.81. The minimum Gasteiger partial charge on any atom is -1.00 e. The molecule has 0 spiro atoms. The van der Waals surface area contributed by atoms with E-state index in [1.165, 1.54) is 0 Å². The summed E-state index contributed by atoms with van der Waals surface area (Å²) < 4.78 is 30.8. The zero-order valence-electron chi connectivity index (χ0n) is 15.2. The molecule has 4 N–H and O–H groups in total. The van der Waals surface area contributed by atoms with E-state index in [1.54, 1.807) is 30.3 Å². The number of benzene rings is 3. The van der Waals surface area contributed by atoms with Gasteiger partial charge in [-0.2, -0.15) is 8.42 Å². The molecule has 5 nitrogen and oxygen atoms in total. The number of hydrogen-bond acceptors (Lipinski definition) is 3. The normalized spacial score (nSPS) is 10.2. The van der Waals surface area contributed by atoms with Crippen molar-refractivity contribution in [1.82, 2.24) is 0 Å². The molecule has 8 heteroatoms. The van der Waals surface area contributed by atoms with Crippen molar-refractivity contribution in [2.24, 2.45) is 0 Å². The Morgan fingerprint density at radius 2 is 1.00 bits per heavy atom. The van der Waals surface area contributed by atoms with Gasteiger partial charge in [0.2, 0.25) is 0 Å². The molecule has 0 heterocycles. The molecule has 3 aromatic carbocycles. The Hall–Kier alpha value is -1.08. The summed E-state index contributed by atoms with van der Waals surface area (Å²) in [4.78, 5) is 0.166. The summed E-state index contributed by atoms with van der Waals surface area (Å²) in [5, 5.41) is 1.71. The van der Waals surface area contributed by atoms with Crippen molar-refractivity contribution in [3.63, 3.8) is 0 Å². The van der Waals surface area contributed by atoms with E-state index in [-0.39, 0.29) is 46.8 Å². The van der Waals surface area contributed by atoms with Crippen LogP contribution in [0.1, 0.15) is 1.43 Å². The maximum atomic E-state index is 12.6.